The SMILES string of the molecule is COc1ccc(S(=O)(=O)NC2CCNCC2C)cc1F. The Balaban J connectivity index is 2.19. The first-order valence-electron chi connectivity index (χ1n) is 6.50. The third kappa shape index (κ3) is 3.28. The summed E-state index contributed by atoms with van der Waals surface area (Å²) in [6.07, 6.45) is 0.721. The molecule has 2 N–H and O–H groups in total. The Bertz CT molecular complexity index is 577. The average Bonchev–Trinajstić information content (AvgIpc) is 2.41. The minimum absolute atomic E-state index is 0.0270. The van der Waals surface area contributed by atoms with Crippen LogP contribution in [0.25, 0.3) is 0 Å². The van der Waals surface area contributed by atoms with E-state index in [0.717, 1.165) is 25.6 Å². The second kappa shape index (κ2) is 6.07. The highest BCUT2D eigenvalue weighted by Crippen LogP contribution is 2.22. The number of hydrogen-bond donors (Lipinski definition) is 2. The minimum Gasteiger partial charge on any atom is -0.494 e. The molecule has 1 aromatic rings. The lowest BCUT2D eigenvalue weighted by Crippen LogP contribution is -2.48. The minimum atomic E-state index is -3.71. The first-order valence-corrected chi connectivity index (χ1v) is 7.99. The molecule has 0 aromatic heterocycles. The molecule has 0 saturated carbocycles. The summed E-state index contributed by atoms with van der Waals surface area (Å²) in [5.74, 6) is -0.463. The van der Waals surface area contributed by atoms with Gasteiger partial charge in [-0.15, -0.1) is 0 Å². The molecule has 1 fully saturated rings. The first-order chi connectivity index (χ1) is 9.44. The maximum absolute atomic E-state index is 13.6. The van der Waals surface area contributed by atoms with Gasteiger partial charge >= 0.3 is 0 Å². The summed E-state index contributed by atoms with van der Waals surface area (Å²) in [4.78, 5) is -0.0819. The lowest BCUT2D eigenvalue weighted by atomic mass is 9.97. The highest BCUT2D eigenvalue weighted by Gasteiger charge is 2.27. The number of ether oxygens (including phenoxy) is 1. The van der Waals surface area contributed by atoms with Gasteiger partial charge in [0.15, 0.2) is 11.6 Å². The average molecular weight is 302 g/mol. The van der Waals surface area contributed by atoms with E-state index in [1.165, 1.54) is 19.2 Å². The van der Waals surface area contributed by atoms with Crippen molar-refractivity contribution in [2.45, 2.75) is 24.3 Å². The van der Waals surface area contributed by atoms with Crippen molar-refractivity contribution in [3.63, 3.8) is 0 Å². The van der Waals surface area contributed by atoms with Crippen LogP contribution in [0.5, 0.6) is 5.75 Å². The Morgan fingerprint density at radius 2 is 2.20 bits per heavy atom. The molecule has 1 aliphatic rings. The number of rotatable bonds is 4. The molecule has 0 radical (unpaired) electrons. The largest absolute Gasteiger partial charge is 0.494 e. The summed E-state index contributed by atoms with van der Waals surface area (Å²) in [5.41, 5.74) is 0. The molecule has 0 spiro atoms. The van der Waals surface area contributed by atoms with Gasteiger partial charge in [0.05, 0.1) is 12.0 Å². The van der Waals surface area contributed by atoms with Crippen LogP contribution in [-0.2, 0) is 10.0 Å². The second-order valence-electron chi connectivity index (χ2n) is 4.99. The van der Waals surface area contributed by atoms with Gasteiger partial charge in [-0.2, -0.15) is 0 Å². The van der Waals surface area contributed by atoms with Crippen LogP contribution in [0.1, 0.15) is 13.3 Å². The summed E-state index contributed by atoms with van der Waals surface area (Å²) >= 11 is 0. The van der Waals surface area contributed by atoms with Crippen molar-refractivity contribution in [1.29, 1.82) is 0 Å². The van der Waals surface area contributed by atoms with Crippen LogP contribution >= 0.6 is 0 Å². The van der Waals surface area contributed by atoms with E-state index >= 15 is 0 Å². The lowest BCUT2D eigenvalue weighted by Gasteiger charge is -2.29. The molecule has 112 valence electrons. The molecule has 5 nitrogen and oxygen atoms in total. The molecule has 1 aromatic carbocycles. The molecule has 0 bridgehead atoms. The number of nitrogens with one attached hydrogen (secondary N) is 2. The van der Waals surface area contributed by atoms with Crippen molar-refractivity contribution >= 4 is 10.0 Å². The summed E-state index contributed by atoms with van der Waals surface area (Å²) < 4.78 is 45.6. The number of piperidine rings is 1. The van der Waals surface area contributed by atoms with Gasteiger partial charge in [-0.05, 0) is 43.6 Å². The van der Waals surface area contributed by atoms with Crippen LogP contribution in [0.15, 0.2) is 23.1 Å². The molecule has 1 aliphatic heterocycles. The van der Waals surface area contributed by atoms with Crippen LogP contribution < -0.4 is 14.8 Å². The molecule has 0 aliphatic carbocycles. The van der Waals surface area contributed by atoms with Crippen LogP contribution in [0.3, 0.4) is 0 Å². The van der Waals surface area contributed by atoms with Crippen molar-refractivity contribution in [3.8, 4) is 5.75 Å². The number of methoxy groups -OCH3 is 1. The van der Waals surface area contributed by atoms with Crippen LogP contribution in [0.4, 0.5) is 4.39 Å². The van der Waals surface area contributed by atoms with Gasteiger partial charge in [0, 0.05) is 6.04 Å². The Labute approximate surface area is 118 Å². The van der Waals surface area contributed by atoms with Gasteiger partial charge in [0.25, 0.3) is 0 Å². The second-order valence-corrected chi connectivity index (χ2v) is 6.71. The topological polar surface area (TPSA) is 67.4 Å². The predicted octanol–water partition coefficient (Wildman–Crippen LogP) is 1.11. The van der Waals surface area contributed by atoms with Gasteiger partial charge in [0.1, 0.15) is 0 Å². The van der Waals surface area contributed by atoms with E-state index in [1.807, 2.05) is 6.92 Å². The Hall–Kier alpha value is -1.18. The smallest absolute Gasteiger partial charge is 0.240 e. The van der Waals surface area contributed by atoms with Crippen molar-refractivity contribution in [2.75, 3.05) is 20.2 Å². The Morgan fingerprint density at radius 1 is 1.45 bits per heavy atom. The van der Waals surface area contributed by atoms with Gasteiger partial charge in [-0.3, -0.25) is 0 Å². The zero-order valence-electron chi connectivity index (χ0n) is 11.5. The van der Waals surface area contributed by atoms with Crippen molar-refractivity contribution < 1.29 is 17.5 Å². The first kappa shape index (κ1) is 15.2. The summed E-state index contributed by atoms with van der Waals surface area (Å²) in [6.45, 7) is 3.52. The highest BCUT2D eigenvalue weighted by molar-refractivity contribution is 7.89. The maximum Gasteiger partial charge on any atom is 0.240 e. The van der Waals surface area contributed by atoms with Crippen molar-refractivity contribution in [1.82, 2.24) is 10.0 Å². The molecule has 0 amide bonds. The zero-order valence-corrected chi connectivity index (χ0v) is 12.3. The number of hydrogen-bond acceptors (Lipinski definition) is 4. The number of sulfonamides is 1. The molecule has 2 atom stereocenters. The number of benzene rings is 1. The zero-order chi connectivity index (χ0) is 14.8. The summed E-state index contributed by atoms with van der Waals surface area (Å²) in [6, 6.07) is 3.50. The van der Waals surface area contributed by atoms with E-state index < -0.39 is 15.8 Å². The fourth-order valence-corrected chi connectivity index (χ4v) is 3.66. The van der Waals surface area contributed by atoms with Crippen LogP contribution in [0, 0.1) is 11.7 Å². The molecule has 2 rings (SSSR count). The molecule has 1 heterocycles. The Morgan fingerprint density at radius 3 is 2.80 bits per heavy atom. The third-order valence-corrected chi connectivity index (χ3v) is 5.01. The van der Waals surface area contributed by atoms with Crippen molar-refractivity contribution in [2.24, 2.45) is 5.92 Å². The van der Waals surface area contributed by atoms with Crippen LogP contribution in [-0.4, -0.2) is 34.7 Å². The van der Waals surface area contributed by atoms with Crippen LogP contribution in [0.2, 0.25) is 0 Å². The highest BCUT2D eigenvalue weighted by atomic mass is 32.2. The molecule has 20 heavy (non-hydrogen) atoms. The maximum atomic E-state index is 13.6. The number of halogens is 1. The quantitative estimate of drug-likeness (QED) is 0.874. The molecule has 1 saturated heterocycles. The van der Waals surface area contributed by atoms with E-state index in [4.69, 9.17) is 4.74 Å². The normalized spacial score (nSPS) is 23.6. The van der Waals surface area contributed by atoms with Crippen molar-refractivity contribution in [3.05, 3.63) is 24.0 Å². The van der Waals surface area contributed by atoms with Gasteiger partial charge in [-0.1, -0.05) is 6.92 Å². The fourth-order valence-electron chi connectivity index (χ4n) is 2.27. The molecule has 2 unspecified atom stereocenters. The third-order valence-electron chi connectivity index (χ3n) is 3.53. The van der Waals surface area contributed by atoms with Gasteiger partial charge in [-0.25, -0.2) is 17.5 Å². The van der Waals surface area contributed by atoms with Gasteiger partial charge in [0.2, 0.25) is 10.0 Å². The molecular formula is C13H19FN2O3S. The van der Waals surface area contributed by atoms with E-state index in [9.17, 15) is 12.8 Å². The van der Waals surface area contributed by atoms with E-state index in [0.29, 0.717) is 0 Å². The molecular weight excluding hydrogens is 283 g/mol. The Kier molecular flexibility index (Phi) is 4.62. The van der Waals surface area contributed by atoms with E-state index in [-0.39, 0.29) is 22.6 Å². The summed E-state index contributed by atoms with van der Waals surface area (Å²) in [5, 5.41) is 3.20. The van der Waals surface area contributed by atoms with E-state index in [2.05, 4.69) is 10.0 Å². The summed E-state index contributed by atoms with van der Waals surface area (Å²) in [7, 11) is -2.38. The standard InChI is InChI=1S/C13H19FN2O3S/c1-9-8-15-6-5-12(9)16-20(17,18)10-3-4-13(19-2)11(14)7-10/h3-4,7,9,12,15-16H,5-6,8H2,1-2H3. The fraction of sp³-hybridized carbons (Fsp3) is 0.538. The van der Waals surface area contributed by atoms with E-state index in [1.54, 1.807) is 0 Å². The lowest BCUT2D eigenvalue weighted by molar-refractivity contribution is 0.328. The van der Waals surface area contributed by atoms with Gasteiger partial charge < -0.3 is 10.1 Å². The molecule has 7 heteroatoms. The predicted molar refractivity (Wildman–Crippen MR) is 73.7 cm³/mol. The monoisotopic (exact) mass is 302 g/mol.